The minimum atomic E-state index is -0.148. The molecule has 150 valence electrons. The minimum Gasteiger partial charge on any atom is -0.494 e. The largest absolute Gasteiger partial charge is 0.494 e. The summed E-state index contributed by atoms with van der Waals surface area (Å²) < 4.78 is 5.79. The molecular formula is C22H29N3O3. The first-order valence-corrected chi connectivity index (χ1v) is 10.1. The Labute approximate surface area is 166 Å². The van der Waals surface area contributed by atoms with Crippen LogP contribution in [0.2, 0.25) is 0 Å². The highest BCUT2D eigenvalue weighted by molar-refractivity contribution is 5.98. The number of hydrazine groups is 2. The fraction of sp³-hybridized carbons (Fsp3) is 0.409. The number of rotatable bonds is 10. The highest BCUT2D eigenvalue weighted by atomic mass is 16.6. The van der Waals surface area contributed by atoms with E-state index in [-0.39, 0.29) is 12.3 Å². The van der Waals surface area contributed by atoms with E-state index in [9.17, 15) is 10.0 Å². The van der Waals surface area contributed by atoms with Crippen molar-refractivity contribution in [2.75, 3.05) is 16.8 Å². The average Bonchev–Trinajstić information content (AvgIpc) is 3.06. The molecule has 2 aromatic rings. The van der Waals surface area contributed by atoms with Gasteiger partial charge in [-0.05, 0) is 36.2 Å². The summed E-state index contributed by atoms with van der Waals surface area (Å²) in [5.74, 6) is 0.681. The molecule has 2 aromatic carbocycles. The van der Waals surface area contributed by atoms with Gasteiger partial charge in [0.1, 0.15) is 11.4 Å². The summed E-state index contributed by atoms with van der Waals surface area (Å²) in [6, 6.07) is 14.8. The second-order valence-electron chi connectivity index (χ2n) is 7.07. The zero-order chi connectivity index (χ0) is 19.8. The third kappa shape index (κ3) is 5.24. The van der Waals surface area contributed by atoms with E-state index in [1.807, 2.05) is 36.4 Å². The van der Waals surface area contributed by atoms with Gasteiger partial charge in [-0.1, -0.05) is 63.3 Å². The predicted molar refractivity (Wildman–Crippen MR) is 110 cm³/mol. The lowest BCUT2D eigenvalue weighted by atomic mass is 10.1. The van der Waals surface area contributed by atoms with Crippen LogP contribution in [-0.2, 0) is 11.2 Å². The van der Waals surface area contributed by atoms with Crippen LogP contribution in [0, 0.1) is 0 Å². The molecule has 0 unspecified atom stereocenters. The lowest BCUT2D eigenvalue weighted by Crippen LogP contribution is -2.46. The van der Waals surface area contributed by atoms with E-state index in [1.54, 1.807) is 12.1 Å². The second-order valence-corrected chi connectivity index (χ2v) is 7.07. The van der Waals surface area contributed by atoms with Gasteiger partial charge in [-0.3, -0.25) is 10.0 Å². The maximum atomic E-state index is 12.6. The van der Waals surface area contributed by atoms with Crippen molar-refractivity contribution in [1.82, 2.24) is 5.53 Å². The third-order valence-electron chi connectivity index (χ3n) is 4.84. The zero-order valence-electron chi connectivity index (χ0n) is 16.4. The third-order valence-corrected chi connectivity index (χ3v) is 4.84. The van der Waals surface area contributed by atoms with Gasteiger partial charge in [-0.25, -0.2) is 5.01 Å². The van der Waals surface area contributed by atoms with Crippen LogP contribution in [0.25, 0.3) is 0 Å². The van der Waals surface area contributed by atoms with Gasteiger partial charge < -0.3 is 4.74 Å². The lowest BCUT2D eigenvalue weighted by Gasteiger charge is -2.17. The van der Waals surface area contributed by atoms with Crippen LogP contribution in [-0.4, -0.2) is 17.7 Å². The van der Waals surface area contributed by atoms with Crippen molar-refractivity contribution in [2.45, 2.75) is 51.9 Å². The Hall–Kier alpha value is -2.57. The number of anilines is 2. The molecule has 1 aliphatic rings. The quantitative estimate of drug-likeness (QED) is 0.586. The fourth-order valence-electron chi connectivity index (χ4n) is 3.25. The van der Waals surface area contributed by atoms with Crippen molar-refractivity contribution >= 4 is 17.3 Å². The summed E-state index contributed by atoms with van der Waals surface area (Å²) >= 11 is 0. The summed E-state index contributed by atoms with van der Waals surface area (Å²) in [7, 11) is 0. The van der Waals surface area contributed by atoms with Gasteiger partial charge in [0.2, 0.25) is 5.91 Å². The normalized spacial score (nSPS) is 12.9. The second kappa shape index (κ2) is 10.1. The standard InChI is InChI=1S/C22H29N3O3/c1-2-3-4-5-6-9-16-28-19-14-12-18(13-15-19)17-22(26)24-20-10-7-8-11-21(20)25(27)23-24/h7-8,10-15,23,27H,2-6,9,16-17H2,1H3. The summed E-state index contributed by atoms with van der Waals surface area (Å²) in [4.78, 5) is 12.6. The molecule has 0 aliphatic carbocycles. The fourth-order valence-corrected chi connectivity index (χ4v) is 3.25. The van der Waals surface area contributed by atoms with Crippen molar-refractivity contribution in [3.63, 3.8) is 0 Å². The first kappa shape index (κ1) is 20.2. The smallest absolute Gasteiger partial charge is 0.247 e. The van der Waals surface area contributed by atoms with Crippen molar-refractivity contribution in [3.8, 4) is 5.75 Å². The maximum Gasteiger partial charge on any atom is 0.247 e. The summed E-state index contributed by atoms with van der Waals surface area (Å²) in [5, 5.41) is 12.1. The molecule has 0 saturated carbocycles. The first-order valence-electron chi connectivity index (χ1n) is 10.1. The van der Waals surface area contributed by atoms with Crippen LogP contribution < -0.4 is 20.5 Å². The van der Waals surface area contributed by atoms with E-state index < -0.39 is 0 Å². The highest BCUT2D eigenvalue weighted by Crippen LogP contribution is 2.32. The molecule has 0 radical (unpaired) electrons. The maximum absolute atomic E-state index is 12.6. The van der Waals surface area contributed by atoms with Crippen molar-refractivity contribution in [1.29, 1.82) is 0 Å². The molecule has 1 heterocycles. The van der Waals surface area contributed by atoms with E-state index in [1.165, 1.54) is 37.1 Å². The van der Waals surface area contributed by atoms with Crippen LogP contribution in [0.4, 0.5) is 11.4 Å². The number of carbonyl (C=O) groups is 1. The molecule has 1 aliphatic heterocycles. The molecule has 2 N–H and O–H groups in total. The number of amides is 1. The molecule has 3 rings (SSSR count). The zero-order valence-corrected chi connectivity index (χ0v) is 16.4. The molecule has 0 aromatic heterocycles. The SMILES string of the molecule is CCCCCCCCOc1ccc(CC(=O)N2NN(O)c3ccccc32)cc1. The Morgan fingerprint density at radius 3 is 2.39 bits per heavy atom. The number of hydrogen-bond acceptors (Lipinski definition) is 5. The number of nitrogens with zero attached hydrogens (tertiary/aromatic N) is 2. The van der Waals surface area contributed by atoms with Crippen molar-refractivity contribution < 1.29 is 14.7 Å². The molecule has 6 nitrogen and oxygen atoms in total. The number of hydrogen-bond donors (Lipinski definition) is 2. The number of para-hydroxylation sites is 2. The van der Waals surface area contributed by atoms with Crippen LogP contribution in [0.3, 0.4) is 0 Å². The molecule has 6 heteroatoms. The molecule has 1 amide bonds. The minimum absolute atomic E-state index is 0.148. The molecule has 0 spiro atoms. The predicted octanol–water partition coefficient (Wildman–Crippen LogP) is 4.63. The lowest BCUT2D eigenvalue weighted by molar-refractivity contribution is -0.118. The number of unbranched alkanes of at least 4 members (excludes halogenated alkanes) is 5. The first-order chi connectivity index (χ1) is 13.7. The van der Waals surface area contributed by atoms with Crippen molar-refractivity contribution in [3.05, 3.63) is 54.1 Å². The topological polar surface area (TPSA) is 65.0 Å². The number of nitrogens with one attached hydrogen (secondary N) is 1. The summed E-state index contributed by atoms with van der Waals surface area (Å²) in [5.41, 5.74) is 4.73. The Morgan fingerprint density at radius 2 is 1.64 bits per heavy atom. The van der Waals surface area contributed by atoms with Gasteiger partial charge in [0.05, 0.1) is 18.7 Å². The van der Waals surface area contributed by atoms with Gasteiger partial charge in [0.15, 0.2) is 0 Å². The van der Waals surface area contributed by atoms with E-state index in [4.69, 9.17) is 4.74 Å². The van der Waals surface area contributed by atoms with E-state index in [0.717, 1.165) is 29.5 Å². The van der Waals surface area contributed by atoms with Crippen LogP contribution in [0.5, 0.6) is 5.75 Å². The van der Waals surface area contributed by atoms with Crippen molar-refractivity contribution in [2.24, 2.45) is 0 Å². The molecule has 0 bridgehead atoms. The molecule has 0 atom stereocenters. The summed E-state index contributed by atoms with van der Waals surface area (Å²) in [6.45, 7) is 2.95. The number of ether oxygens (including phenoxy) is 1. The average molecular weight is 383 g/mol. The van der Waals surface area contributed by atoms with Gasteiger partial charge in [0.25, 0.3) is 0 Å². The molecule has 0 fully saturated rings. The van der Waals surface area contributed by atoms with Crippen LogP contribution >= 0.6 is 0 Å². The van der Waals surface area contributed by atoms with Gasteiger partial charge in [-0.2, -0.15) is 5.17 Å². The Morgan fingerprint density at radius 1 is 0.964 bits per heavy atom. The Bertz CT molecular complexity index is 764. The van der Waals surface area contributed by atoms with E-state index >= 15 is 0 Å². The van der Waals surface area contributed by atoms with Gasteiger partial charge in [0, 0.05) is 0 Å². The Balaban J connectivity index is 1.45. The monoisotopic (exact) mass is 383 g/mol. The number of carbonyl (C=O) groups excluding carboxylic acids is 1. The number of benzene rings is 2. The van der Waals surface area contributed by atoms with Crippen LogP contribution in [0.1, 0.15) is 51.0 Å². The molecule has 28 heavy (non-hydrogen) atoms. The Kier molecular flexibility index (Phi) is 7.28. The van der Waals surface area contributed by atoms with Gasteiger partial charge in [-0.15, -0.1) is 5.53 Å². The van der Waals surface area contributed by atoms with Crippen LogP contribution in [0.15, 0.2) is 48.5 Å². The van der Waals surface area contributed by atoms with E-state index in [0.29, 0.717) is 11.4 Å². The molecular weight excluding hydrogens is 354 g/mol. The molecule has 0 saturated heterocycles. The highest BCUT2D eigenvalue weighted by Gasteiger charge is 2.28. The number of fused-ring (bicyclic) bond motifs is 1. The summed E-state index contributed by atoms with van der Waals surface area (Å²) in [6.07, 6.45) is 7.67. The van der Waals surface area contributed by atoms with Gasteiger partial charge >= 0.3 is 0 Å². The van der Waals surface area contributed by atoms with E-state index in [2.05, 4.69) is 12.5 Å².